The molecule has 1 aliphatic heterocycles. The molecule has 0 saturated carbocycles. The van der Waals surface area contributed by atoms with Gasteiger partial charge in [-0.1, -0.05) is 18.2 Å². The number of alkyl halides is 2. The van der Waals surface area contributed by atoms with Gasteiger partial charge in [-0.15, -0.1) is 0 Å². The van der Waals surface area contributed by atoms with Gasteiger partial charge in [0, 0.05) is 29.6 Å². The lowest BCUT2D eigenvalue weighted by Crippen LogP contribution is -2.18. The Hall–Kier alpha value is -3.06. The van der Waals surface area contributed by atoms with Crippen LogP contribution in [0.1, 0.15) is 70.9 Å². The fourth-order valence-electron chi connectivity index (χ4n) is 4.43. The average molecular weight is 440 g/mol. The Morgan fingerprint density at radius 3 is 2.72 bits per heavy atom. The van der Waals surface area contributed by atoms with Crippen LogP contribution in [0.3, 0.4) is 0 Å². The predicted octanol–water partition coefficient (Wildman–Crippen LogP) is 6.25. The molecule has 1 aliphatic rings. The zero-order valence-electron chi connectivity index (χ0n) is 18.1. The molecule has 2 aromatic carbocycles. The van der Waals surface area contributed by atoms with Crippen LogP contribution in [-0.4, -0.2) is 29.3 Å². The number of para-hydroxylation sites is 1. The highest BCUT2D eigenvalue weighted by Gasteiger charge is 2.26. The van der Waals surface area contributed by atoms with Crippen molar-refractivity contribution in [1.82, 2.24) is 4.98 Å². The van der Waals surface area contributed by atoms with Crippen molar-refractivity contribution >= 4 is 22.6 Å². The van der Waals surface area contributed by atoms with Gasteiger partial charge >= 0.3 is 5.97 Å². The van der Waals surface area contributed by atoms with Gasteiger partial charge in [0.05, 0.1) is 17.7 Å². The summed E-state index contributed by atoms with van der Waals surface area (Å²) in [6, 6.07) is 12.1. The number of aryl methyl sites for hydroxylation is 1. The standard InChI is InChI=1S/C25H26F2N2O3/c1-14-10-18(15(2)28-21-8-4-3-7-17(21)25(30)31)20-12-19(16-6-5-9-32-13-16)23(24(26)27)29-22(20)11-14/h3-4,7-8,10-12,15-16,24,28H,5-6,9,13H2,1-2H3,(H,30,31)/t15-,16-/m0/s1. The first-order chi connectivity index (χ1) is 15.3. The van der Waals surface area contributed by atoms with E-state index in [0.717, 1.165) is 29.4 Å². The molecule has 3 aromatic rings. The number of benzene rings is 2. The first-order valence-corrected chi connectivity index (χ1v) is 10.7. The van der Waals surface area contributed by atoms with Gasteiger partial charge in [-0.3, -0.25) is 0 Å². The fraction of sp³-hybridized carbons (Fsp3) is 0.360. The second-order valence-electron chi connectivity index (χ2n) is 8.32. The number of pyridine rings is 1. The van der Waals surface area contributed by atoms with E-state index in [1.54, 1.807) is 24.3 Å². The number of fused-ring (bicyclic) bond motifs is 1. The second-order valence-corrected chi connectivity index (χ2v) is 8.32. The van der Waals surface area contributed by atoms with Gasteiger partial charge < -0.3 is 15.2 Å². The Labute approximate surface area is 185 Å². The van der Waals surface area contributed by atoms with Crippen LogP contribution in [0.25, 0.3) is 10.9 Å². The third-order valence-electron chi connectivity index (χ3n) is 5.97. The minimum absolute atomic E-state index is 0.116. The number of carboxylic acids is 1. The second kappa shape index (κ2) is 9.20. The third kappa shape index (κ3) is 4.43. The van der Waals surface area contributed by atoms with Crippen molar-refractivity contribution in [3.63, 3.8) is 0 Å². The summed E-state index contributed by atoms with van der Waals surface area (Å²) in [5, 5.41) is 13.6. The van der Waals surface area contributed by atoms with Crippen molar-refractivity contribution in [3.05, 3.63) is 70.4 Å². The van der Waals surface area contributed by atoms with Gasteiger partial charge in [-0.05, 0) is 67.6 Å². The summed E-state index contributed by atoms with van der Waals surface area (Å²) in [7, 11) is 0. The van der Waals surface area contributed by atoms with Crippen LogP contribution in [0.5, 0.6) is 0 Å². The number of carboxylic acid groups (broad SMARTS) is 1. The highest BCUT2D eigenvalue weighted by Crippen LogP contribution is 2.37. The normalized spacial score (nSPS) is 17.5. The molecule has 4 rings (SSSR count). The zero-order valence-corrected chi connectivity index (χ0v) is 18.1. The van der Waals surface area contributed by atoms with E-state index < -0.39 is 12.4 Å². The van der Waals surface area contributed by atoms with Crippen molar-refractivity contribution in [3.8, 4) is 0 Å². The van der Waals surface area contributed by atoms with Crippen LogP contribution in [0.2, 0.25) is 0 Å². The molecule has 32 heavy (non-hydrogen) atoms. The molecule has 1 saturated heterocycles. The molecule has 2 atom stereocenters. The zero-order chi connectivity index (χ0) is 22.8. The van der Waals surface area contributed by atoms with Crippen LogP contribution in [0.4, 0.5) is 14.5 Å². The summed E-state index contributed by atoms with van der Waals surface area (Å²) in [5.74, 6) is -1.13. The molecule has 1 aromatic heterocycles. The number of aromatic nitrogens is 1. The molecule has 0 spiro atoms. The van der Waals surface area contributed by atoms with Gasteiger partial charge in [-0.25, -0.2) is 18.6 Å². The molecule has 0 aliphatic carbocycles. The Morgan fingerprint density at radius 2 is 2.03 bits per heavy atom. The first kappa shape index (κ1) is 22.1. The molecule has 1 fully saturated rings. The number of ether oxygens (including phenoxy) is 1. The smallest absolute Gasteiger partial charge is 0.337 e. The van der Waals surface area contributed by atoms with E-state index >= 15 is 0 Å². The Morgan fingerprint density at radius 1 is 1.25 bits per heavy atom. The monoisotopic (exact) mass is 440 g/mol. The van der Waals surface area contributed by atoms with Crippen molar-refractivity contribution < 1.29 is 23.4 Å². The average Bonchev–Trinajstić information content (AvgIpc) is 2.78. The molecule has 0 radical (unpaired) electrons. The summed E-state index contributed by atoms with van der Waals surface area (Å²) < 4.78 is 33.4. The number of halogens is 2. The maximum absolute atomic E-state index is 13.9. The van der Waals surface area contributed by atoms with Crippen LogP contribution >= 0.6 is 0 Å². The summed E-state index contributed by atoms with van der Waals surface area (Å²) in [6.45, 7) is 4.88. The summed E-state index contributed by atoms with van der Waals surface area (Å²) >= 11 is 0. The molecule has 7 heteroatoms. The lowest BCUT2D eigenvalue weighted by atomic mass is 9.89. The van der Waals surface area contributed by atoms with Crippen LogP contribution < -0.4 is 5.32 Å². The van der Waals surface area contributed by atoms with Gasteiger partial charge in [-0.2, -0.15) is 0 Å². The highest BCUT2D eigenvalue weighted by atomic mass is 19.3. The quantitative estimate of drug-likeness (QED) is 0.474. The first-order valence-electron chi connectivity index (χ1n) is 10.7. The Kier molecular flexibility index (Phi) is 6.37. The summed E-state index contributed by atoms with van der Waals surface area (Å²) in [6.07, 6.45) is -1.05. The minimum atomic E-state index is -2.67. The molecule has 168 valence electrons. The van der Waals surface area contributed by atoms with Crippen LogP contribution in [0, 0.1) is 6.92 Å². The lowest BCUT2D eigenvalue weighted by Gasteiger charge is -2.26. The van der Waals surface area contributed by atoms with Crippen molar-refractivity contribution in [2.45, 2.75) is 45.1 Å². The van der Waals surface area contributed by atoms with E-state index in [4.69, 9.17) is 4.74 Å². The number of carbonyl (C=O) groups is 1. The number of hydrogen-bond donors (Lipinski definition) is 2. The number of nitrogens with zero attached hydrogens (tertiary/aromatic N) is 1. The Balaban J connectivity index is 1.81. The fourth-order valence-corrected chi connectivity index (χ4v) is 4.43. The minimum Gasteiger partial charge on any atom is -0.478 e. The van der Waals surface area contributed by atoms with Crippen LogP contribution in [0.15, 0.2) is 42.5 Å². The van der Waals surface area contributed by atoms with E-state index in [-0.39, 0.29) is 23.2 Å². The molecular formula is C25H26F2N2O3. The number of nitrogens with one attached hydrogen (secondary N) is 1. The number of anilines is 1. The van der Waals surface area contributed by atoms with E-state index in [1.165, 1.54) is 0 Å². The van der Waals surface area contributed by atoms with Gasteiger partial charge in [0.25, 0.3) is 6.43 Å². The topological polar surface area (TPSA) is 71.5 Å². The molecular weight excluding hydrogens is 414 g/mol. The molecule has 0 bridgehead atoms. The SMILES string of the molecule is Cc1cc([C@H](C)Nc2ccccc2C(=O)O)c2cc([C@H]3CCCOC3)c(C(F)F)nc2c1. The van der Waals surface area contributed by atoms with Gasteiger partial charge in [0.2, 0.25) is 0 Å². The summed E-state index contributed by atoms with van der Waals surface area (Å²) in [4.78, 5) is 16.0. The van der Waals surface area contributed by atoms with E-state index in [1.807, 2.05) is 32.0 Å². The summed E-state index contributed by atoms with van der Waals surface area (Å²) in [5.41, 5.74) is 3.32. The number of hydrogen-bond acceptors (Lipinski definition) is 4. The van der Waals surface area contributed by atoms with Crippen molar-refractivity contribution in [2.24, 2.45) is 0 Å². The predicted molar refractivity (Wildman–Crippen MR) is 120 cm³/mol. The largest absolute Gasteiger partial charge is 0.478 e. The highest BCUT2D eigenvalue weighted by molar-refractivity contribution is 5.94. The van der Waals surface area contributed by atoms with Gasteiger partial charge in [0.15, 0.2) is 0 Å². The van der Waals surface area contributed by atoms with Crippen molar-refractivity contribution in [1.29, 1.82) is 0 Å². The van der Waals surface area contributed by atoms with E-state index in [9.17, 15) is 18.7 Å². The lowest BCUT2D eigenvalue weighted by molar-refractivity contribution is 0.0697. The van der Waals surface area contributed by atoms with E-state index in [0.29, 0.717) is 30.0 Å². The van der Waals surface area contributed by atoms with Gasteiger partial charge in [0.1, 0.15) is 5.69 Å². The Bertz CT molecular complexity index is 1140. The van der Waals surface area contributed by atoms with Crippen molar-refractivity contribution in [2.75, 3.05) is 18.5 Å². The maximum Gasteiger partial charge on any atom is 0.337 e. The molecule has 0 amide bonds. The molecule has 2 heterocycles. The molecule has 2 N–H and O–H groups in total. The third-order valence-corrected chi connectivity index (χ3v) is 5.97. The van der Waals surface area contributed by atoms with Crippen LogP contribution in [-0.2, 0) is 4.74 Å². The van der Waals surface area contributed by atoms with E-state index in [2.05, 4.69) is 10.3 Å². The number of rotatable bonds is 6. The number of aromatic carboxylic acids is 1. The molecule has 0 unspecified atom stereocenters. The maximum atomic E-state index is 13.9. The molecule has 5 nitrogen and oxygen atoms in total.